The van der Waals surface area contributed by atoms with Gasteiger partial charge < -0.3 is 14.4 Å². The van der Waals surface area contributed by atoms with Gasteiger partial charge in [-0.2, -0.15) is 13.2 Å². The Morgan fingerprint density at radius 1 is 1.08 bits per heavy atom. The van der Waals surface area contributed by atoms with E-state index in [1.54, 1.807) is 13.8 Å². The van der Waals surface area contributed by atoms with Crippen molar-refractivity contribution in [3.8, 4) is 11.6 Å². The number of benzene rings is 1. The minimum absolute atomic E-state index is 0.0729. The molecule has 0 saturated heterocycles. The van der Waals surface area contributed by atoms with Crippen LogP contribution in [0.15, 0.2) is 24.4 Å². The molecule has 0 radical (unpaired) electrons. The molecule has 0 spiro atoms. The zero-order valence-corrected chi connectivity index (χ0v) is 21.8. The number of anilines is 1. The van der Waals surface area contributed by atoms with Crippen LogP contribution < -0.4 is 9.64 Å². The normalized spacial score (nSPS) is 17.7. The standard InChI is InChI=1S/C27H30F4N2O5/c1-14(2)33(25(35)17-8-6-15(3)7-9-17)22-12-21(28)23(11-19(22)26(36)37-5)38-24-20(27(29,30)31)10-18(13-32-24)16(4)34/h10-15,17H,6-9H2,1-5H3. The number of amides is 1. The lowest BCUT2D eigenvalue weighted by atomic mass is 9.82. The summed E-state index contributed by atoms with van der Waals surface area (Å²) in [5.41, 5.74) is -2.03. The fourth-order valence-corrected chi connectivity index (χ4v) is 4.48. The van der Waals surface area contributed by atoms with E-state index >= 15 is 4.39 Å². The molecular formula is C27H30F4N2O5. The van der Waals surface area contributed by atoms with Gasteiger partial charge in [-0.25, -0.2) is 14.2 Å². The van der Waals surface area contributed by atoms with Crippen molar-refractivity contribution >= 4 is 23.3 Å². The predicted molar refractivity (Wildman–Crippen MR) is 131 cm³/mol. The van der Waals surface area contributed by atoms with Crippen molar-refractivity contribution in [2.45, 2.75) is 65.6 Å². The summed E-state index contributed by atoms with van der Waals surface area (Å²) in [7, 11) is 1.09. The highest BCUT2D eigenvalue weighted by molar-refractivity contribution is 6.04. The van der Waals surface area contributed by atoms with E-state index in [0.717, 1.165) is 45.2 Å². The third-order valence-corrected chi connectivity index (χ3v) is 6.60. The quantitative estimate of drug-likeness (QED) is 0.225. The number of rotatable bonds is 7. The smallest absolute Gasteiger partial charge is 0.421 e. The lowest BCUT2D eigenvalue weighted by molar-refractivity contribution is -0.139. The number of halogens is 4. The zero-order valence-electron chi connectivity index (χ0n) is 21.8. The van der Waals surface area contributed by atoms with Crippen LogP contribution in [0.3, 0.4) is 0 Å². The molecule has 0 unspecified atom stereocenters. The number of pyridine rings is 1. The van der Waals surface area contributed by atoms with Crippen molar-refractivity contribution in [2.75, 3.05) is 12.0 Å². The van der Waals surface area contributed by atoms with Gasteiger partial charge in [-0.3, -0.25) is 9.59 Å². The lowest BCUT2D eigenvalue weighted by Gasteiger charge is -2.34. The molecule has 1 heterocycles. The Kier molecular flexibility index (Phi) is 8.79. The van der Waals surface area contributed by atoms with Crippen LogP contribution in [0.1, 0.15) is 79.7 Å². The number of methoxy groups -OCH3 is 1. The molecule has 0 aliphatic heterocycles. The Morgan fingerprint density at radius 3 is 2.24 bits per heavy atom. The van der Waals surface area contributed by atoms with Gasteiger partial charge in [-0.15, -0.1) is 0 Å². The Morgan fingerprint density at radius 2 is 1.71 bits per heavy atom. The molecule has 3 rings (SSSR count). The summed E-state index contributed by atoms with van der Waals surface area (Å²) in [6, 6.07) is 1.86. The highest BCUT2D eigenvalue weighted by atomic mass is 19.4. The highest BCUT2D eigenvalue weighted by Gasteiger charge is 2.37. The molecule has 1 saturated carbocycles. The first kappa shape index (κ1) is 29.1. The molecule has 1 fully saturated rings. The van der Waals surface area contributed by atoms with Gasteiger partial charge >= 0.3 is 12.1 Å². The topological polar surface area (TPSA) is 85.8 Å². The number of aromatic nitrogens is 1. The van der Waals surface area contributed by atoms with E-state index in [1.165, 1.54) is 4.90 Å². The van der Waals surface area contributed by atoms with Crippen LogP contribution in [-0.4, -0.2) is 35.8 Å². The second kappa shape index (κ2) is 11.5. The van der Waals surface area contributed by atoms with E-state index in [0.29, 0.717) is 24.8 Å². The van der Waals surface area contributed by atoms with Crippen LogP contribution in [0.25, 0.3) is 0 Å². The maximum atomic E-state index is 15.3. The summed E-state index contributed by atoms with van der Waals surface area (Å²) < 4.78 is 66.3. The fourth-order valence-electron chi connectivity index (χ4n) is 4.48. The number of ether oxygens (including phenoxy) is 2. The third kappa shape index (κ3) is 6.31. The van der Waals surface area contributed by atoms with Crippen molar-refractivity contribution in [3.63, 3.8) is 0 Å². The van der Waals surface area contributed by atoms with Crippen LogP contribution in [0.4, 0.5) is 23.2 Å². The van der Waals surface area contributed by atoms with Gasteiger partial charge in [-0.05, 0) is 58.4 Å². The van der Waals surface area contributed by atoms with E-state index in [2.05, 4.69) is 11.9 Å². The number of hydrogen-bond donors (Lipinski definition) is 0. The highest BCUT2D eigenvalue weighted by Crippen LogP contribution is 2.40. The van der Waals surface area contributed by atoms with Gasteiger partial charge in [0.1, 0.15) is 5.56 Å². The summed E-state index contributed by atoms with van der Waals surface area (Å²) in [4.78, 5) is 42.6. The Hall–Kier alpha value is -3.50. The first-order valence-corrected chi connectivity index (χ1v) is 12.3. The molecule has 11 heteroatoms. The largest absolute Gasteiger partial charge is 0.465 e. The average Bonchev–Trinajstić information content (AvgIpc) is 2.84. The molecule has 2 aromatic rings. The average molecular weight is 539 g/mol. The first-order valence-electron chi connectivity index (χ1n) is 12.3. The number of nitrogens with zero attached hydrogens (tertiary/aromatic N) is 2. The molecule has 7 nitrogen and oxygen atoms in total. The zero-order chi connectivity index (χ0) is 28.4. The second-order valence-electron chi connectivity index (χ2n) is 9.78. The predicted octanol–water partition coefficient (Wildman–Crippen LogP) is 6.59. The minimum atomic E-state index is -4.96. The first-order chi connectivity index (χ1) is 17.7. The van der Waals surface area contributed by atoms with Crippen LogP contribution in [0.2, 0.25) is 0 Å². The summed E-state index contributed by atoms with van der Waals surface area (Å²) in [5, 5.41) is 0. The van der Waals surface area contributed by atoms with Crippen molar-refractivity contribution in [1.82, 2.24) is 4.98 Å². The number of Topliss-reactive ketones (excluding diaryl/α,β-unsaturated/α-hetero) is 1. The van der Waals surface area contributed by atoms with E-state index in [9.17, 15) is 27.6 Å². The minimum Gasteiger partial charge on any atom is -0.465 e. The Bertz CT molecular complexity index is 1220. The molecule has 1 aromatic carbocycles. The van der Waals surface area contributed by atoms with E-state index < -0.39 is 47.0 Å². The molecule has 0 atom stereocenters. The van der Waals surface area contributed by atoms with Crippen molar-refractivity contribution in [2.24, 2.45) is 11.8 Å². The van der Waals surface area contributed by atoms with Gasteiger partial charge in [0, 0.05) is 35.9 Å². The molecular weight excluding hydrogens is 508 g/mol. The second-order valence-corrected chi connectivity index (χ2v) is 9.78. The summed E-state index contributed by atoms with van der Waals surface area (Å²) in [5.74, 6) is -4.52. The third-order valence-electron chi connectivity index (χ3n) is 6.60. The van der Waals surface area contributed by atoms with Crippen LogP contribution in [-0.2, 0) is 15.7 Å². The lowest BCUT2D eigenvalue weighted by Crippen LogP contribution is -2.43. The van der Waals surface area contributed by atoms with Crippen LogP contribution in [0, 0.1) is 17.7 Å². The van der Waals surface area contributed by atoms with Gasteiger partial charge in [0.05, 0.1) is 18.4 Å². The maximum absolute atomic E-state index is 15.3. The van der Waals surface area contributed by atoms with Crippen molar-refractivity contribution < 1.29 is 41.4 Å². The Balaban J connectivity index is 2.09. The van der Waals surface area contributed by atoms with Gasteiger partial charge in [0.2, 0.25) is 11.8 Å². The van der Waals surface area contributed by atoms with Gasteiger partial charge in [-0.1, -0.05) is 6.92 Å². The summed E-state index contributed by atoms with van der Waals surface area (Å²) in [6.45, 7) is 6.61. The number of carbonyl (C=O) groups excluding carboxylic acids is 3. The monoisotopic (exact) mass is 538 g/mol. The number of ketones is 1. The molecule has 1 aliphatic rings. The SMILES string of the molecule is COC(=O)c1cc(Oc2ncc(C(C)=O)cc2C(F)(F)F)c(F)cc1N(C(=O)C1CCC(C)CC1)C(C)C. The van der Waals surface area contributed by atoms with E-state index in [-0.39, 0.29) is 28.6 Å². The molecule has 1 aromatic heterocycles. The molecule has 206 valence electrons. The van der Waals surface area contributed by atoms with E-state index in [4.69, 9.17) is 9.47 Å². The number of alkyl halides is 3. The van der Waals surface area contributed by atoms with Crippen molar-refractivity contribution in [3.05, 3.63) is 46.9 Å². The molecule has 0 N–H and O–H groups in total. The van der Waals surface area contributed by atoms with Gasteiger partial charge in [0.25, 0.3) is 0 Å². The number of esters is 1. The Labute approximate surface area is 218 Å². The van der Waals surface area contributed by atoms with Crippen LogP contribution in [0.5, 0.6) is 11.6 Å². The molecule has 38 heavy (non-hydrogen) atoms. The summed E-state index contributed by atoms with van der Waals surface area (Å²) >= 11 is 0. The van der Waals surface area contributed by atoms with Gasteiger partial charge in [0.15, 0.2) is 17.3 Å². The summed E-state index contributed by atoms with van der Waals surface area (Å²) in [6.07, 6.45) is -1.04. The number of hydrogen-bond acceptors (Lipinski definition) is 6. The molecule has 1 aliphatic carbocycles. The number of carbonyl (C=O) groups is 3. The van der Waals surface area contributed by atoms with Crippen LogP contribution >= 0.6 is 0 Å². The van der Waals surface area contributed by atoms with Crippen molar-refractivity contribution in [1.29, 1.82) is 0 Å². The molecule has 1 amide bonds. The maximum Gasteiger partial charge on any atom is 0.421 e. The molecule has 0 bridgehead atoms. The van der Waals surface area contributed by atoms with E-state index in [1.807, 2.05) is 0 Å². The fraction of sp³-hybridized carbons (Fsp3) is 0.481.